The molecule has 1 aromatic rings. The van der Waals surface area contributed by atoms with Gasteiger partial charge in [0.05, 0.1) is 0 Å². The quantitative estimate of drug-likeness (QED) is 0.820. The van der Waals surface area contributed by atoms with E-state index in [1.54, 1.807) is 19.2 Å². The highest BCUT2D eigenvalue weighted by Crippen LogP contribution is 2.31. The lowest BCUT2D eigenvalue weighted by atomic mass is 10.2. The predicted octanol–water partition coefficient (Wildman–Crippen LogP) is 1.31. The van der Waals surface area contributed by atoms with Crippen molar-refractivity contribution in [2.24, 2.45) is 11.7 Å². The van der Waals surface area contributed by atoms with Crippen LogP contribution in [0.4, 0.5) is 0 Å². The lowest BCUT2D eigenvalue weighted by Gasteiger charge is -2.10. The van der Waals surface area contributed by atoms with Crippen LogP contribution in [0.5, 0.6) is 0 Å². The third-order valence-electron chi connectivity index (χ3n) is 2.90. The Morgan fingerprint density at radius 3 is 2.94 bits per heavy atom. The maximum Gasteiger partial charge on any atom is 0.287 e. The van der Waals surface area contributed by atoms with Crippen LogP contribution in [0.2, 0.25) is 0 Å². The molecule has 1 aliphatic carbocycles. The zero-order chi connectivity index (χ0) is 12.3. The summed E-state index contributed by atoms with van der Waals surface area (Å²) in [4.78, 5) is 11.7. The van der Waals surface area contributed by atoms with Gasteiger partial charge in [-0.25, -0.2) is 0 Å². The number of methoxy groups -OCH3 is 1. The van der Waals surface area contributed by atoms with Gasteiger partial charge in [-0.3, -0.25) is 4.79 Å². The minimum Gasteiger partial charge on any atom is -0.453 e. The van der Waals surface area contributed by atoms with Crippen molar-refractivity contribution in [2.45, 2.75) is 25.5 Å². The number of carbonyl (C=O) groups excluding carboxylic acids is 1. The molecule has 1 unspecified atom stereocenters. The molecule has 0 aromatic carbocycles. The Bertz CT molecular complexity index is 390. The molecule has 3 N–H and O–H groups in total. The van der Waals surface area contributed by atoms with Crippen LogP contribution in [0.1, 0.15) is 29.2 Å². The first kappa shape index (κ1) is 15.0. The standard InChI is InChI=1S/C12H18N2O3.ClH/c1-16-7-9-4-5-11(17-9)12(15)14-6-10(13)8-2-3-8;/h4-5,8,10H,2-3,6-7,13H2,1H3,(H,14,15);1H. The molecular formula is C12H19ClN2O3. The van der Waals surface area contributed by atoms with Crippen LogP contribution in [-0.4, -0.2) is 25.6 Å². The van der Waals surface area contributed by atoms with Gasteiger partial charge in [0.2, 0.25) is 0 Å². The number of nitrogens with one attached hydrogen (secondary N) is 1. The van der Waals surface area contributed by atoms with Crippen LogP contribution in [-0.2, 0) is 11.3 Å². The van der Waals surface area contributed by atoms with Crippen LogP contribution in [0, 0.1) is 5.92 Å². The highest BCUT2D eigenvalue weighted by Gasteiger charge is 2.28. The molecule has 1 aromatic heterocycles. The molecule has 1 amide bonds. The smallest absolute Gasteiger partial charge is 0.287 e. The van der Waals surface area contributed by atoms with Gasteiger partial charge in [-0.15, -0.1) is 12.4 Å². The number of carbonyl (C=O) groups is 1. The Balaban J connectivity index is 0.00000162. The highest BCUT2D eigenvalue weighted by molar-refractivity contribution is 5.91. The fraction of sp³-hybridized carbons (Fsp3) is 0.583. The largest absolute Gasteiger partial charge is 0.453 e. The van der Waals surface area contributed by atoms with Gasteiger partial charge in [-0.05, 0) is 30.9 Å². The molecule has 5 nitrogen and oxygen atoms in total. The summed E-state index contributed by atoms with van der Waals surface area (Å²) in [6.45, 7) is 0.874. The van der Waals surface area contributed by atoms with E-state index in [0.717, 1.165) is 0 Å². The summed E-state index contributed by atoms with van der Waals surface area (Å²) in [6, 6.07) is 3.44. The predicted molar refractivity (Wildman–Crippen MR) is 69.7 cm³/mol. The summed E-state index contributed by atoms with van der Waals surface area (Å²) in [6.07, 6.45) is 2.35. The number of nitrogens with two attached hydrogens (primary N) is 1. The maximum absolute atomic E-state index is 11.7. The van der Waals surface area contributed by atoms with Gasteiger partial charge >= 0.3 is 0 Å². The monoisotopic (exact) mass is 274 g/mol. The zero-order valence-electron chi connectivity index (χ0n) is 10.3. The van der Waals surface area contributed by atoms with E-state index < -0.39 is 0 Å². The molecule has 1 saturated carbocycles. The summed E-state index contributed by atoms with van der Waals surface area (Å²) in [5, 5.41) is 2.78. The van der Waals surface area contributed by atoms with Crippen molar-refractivity contribution < 1.29 is 13.9 Å². The first-order valence-corrected chi connectivity index (χ1v) is 5.82. The lowest BCUT2D eigenvalue weighted by Crippen LogP contribution is -2.38. The zero-order valence-corrected chi connectivity index (χ0v) is 11.2. The Hall–Kier alpha value is -1.04. The molecule has 1 fully saturated rings. The third-order valence-corrected chi connectivity index (χ3v) is 2.90. The minimum absolute atomic E-state index is 0. The summed E-state index contributed by atoms with van der Waals surface area (Å²) >= 11 is 0. The van der Waals surface area contributed by atoms with Crippen molar-refractivity contribution in [3.8, 4) is 0 Å². The van der Waals surface area contributed by atoms with Crippen molar-refractivity contribution in [2.75, 3.05) is 13.7 Å². The van der Waals surface area contributed by atoms with Crippen molar-refractivity contribution in [1.29, 1.82) is 0 Å². The Morgan fingerprint density at radius 1 is 1.61 bits per heavy atom. The van der Waals surface area contributed by atoms with Gasteiger partial charge in [-0.2, -0.15) is 0 Å². The Kier molecular flexibility index (Phi) is 5.65. The second-order valence-electron chi connectivity index (χ2n) is 4.41. The van der Waals surface area contributed by atoms with E-state index >= 15 is 0 Å². The van der Waals surface area contributed by atoms with Gasteiger partial charge in [0.1, 0.15) is 12.4 Å². The van der Waals surface area contributed by atoms with E-state index in [-0.39, 0.29) is 24.4 Å². The van der Waals surface area contributed by atoms with Gasteiger partial charge in [0.25, 0.3) is 5.91 Å². The van der Waals surface area contributed by atoms with Crippen LogP contribution in [0.25, 0.3) is 0 Å². The van der Waals surface area contributed by atoms with E-state index in [2.05, 4.69) is 5.32 Å². The van der Waals surface area contributed by atoms with Crippen LogP contribution >= 0.6 is 12.4 Å². The molecule has 18 heavy (non-hydrogen) atoms. The SMILES string of the molecule is COCc1ccc(C(=O)NCC(N)C2CC2)o1.Cl. The van der Waals surface area contributed by atoms with Crippen LogP contribution < -0.4 is 11.1 Å². The number of hydrogen-bond donors (Lipinski definition) is 2. The van der Waals surface area contributed by atoms with E-state index in [4.69, 9.17) is 14.9 Å². The van der Waals surface area contributed by atoms with Gasteiger partial charge in [-0.1, -0.05) is 0 Å². The van der Waals surface area contributed by atoms with Crippen LogP contribution in [0.15, 0.2) is 16.5 Å². The second-order valence-corrected chi connectivity index (χ2v) is 4.41. The van der Waals surface area contributed by atoms with E-state index in [1.165, 1.54) is 12.8 Å². The first-order valence-electron chi connectivity index (χ1n) is 5.82. The lowest BCUT2D eigenvalue weighted by molar-refractivity contribution is 0.0914. The number of hydrogen-bond acceptors (Lipinski definition) is 4. The molecule has 6 heteroatoms. The highest BCUT2D eigenvalue weighted by atomic mass is 35.5. The van der Waals surface area contributed by atoms with Crippen molar-refractivity contribution in [1.82, 2.24) is 5.32 Å². The Morgan fingerprint density at radius 2 is 2.33 bits per heavy atom. The number of halogens is 1. The van der Waals surface area contributed by atoms with E-state index in [0.29, 0.717) is 30.6 Å². The summed E-state index contributed by atoms with van der Waals surface area (Å²) in [5.41, 5.74) is 5.89. The summed E-state index contributed by atoms with van der Waals surface area (Å²) in [7, 11) is 1.58. The molecule has 0 saturated heterocycles. The number of ether oxygens (including phenoxy) is 1. The molecule has 0 bridgehead atoms. The third kappa shape index (κ3) is 4.01. The topological polar surface area (TPSA) is 77.5 Å². The molecule has 0 radical (unpaired) electrons. The molecular weight excluding hydrogens is 256 g/mol. The fourth-order valence-corrected chi connectivity index (χ4v) is 1.71. The molecule has 1 aliphatic rings. The Labute approximate surface area is 112 Å². The molecule has 0 aliphatic heterocycles. The maximum atomic E-state index is 11.7. The molecule has 1 atom stereocenters. The van der Waals surface area contributed by atoms with Gasteiger partial charge in [0, 0.05) is 19.7 Å². The van der Waals surface area contributed by atoms with E-state index in [1.807, 2.05) is 0 Å². The molecule has 1 heterocycles. The van der Waals surface area contributed by atoms with Crippen LogP contribution in [0.3, 0.4) is 0 Å². The van der Waals surface area contributed by atoms with Crippen molar-refractivity contribution >= 4 is 18.3 Å². The summed E-state index contributed by atoms with van der Waals surface area (Å²) in [5.74, 6) is 1.31. The average Bonchev–Trinajstić information content (AvgIpc) is 3.07. The molecule has 0 spiro atoms. The van der Waals surface area contributed by atoms with Gasteiger partial charge < -0.3 is 20.2 Å². The average molecular weight is 275 g/mol. The van der Waals surface area contributed by atoms with E-state index in [9.17, 15) is 4.79 Å². The van der Waals surface area contributed by atoms with Crippen molar-refractivity contribution in [3.05, 3.63) is 23.7 Å². The van der Waals surface area contributed by atoms with Gasteiger partial charge in [0.15, 0.2) is 5.76 Å². The number of rotatable bonds is 6. The fourth-order valence-electron chi connectivity index (χ4n) is 1.71. The number of amides is 1. The molecule has 2 rings (SSSR count). The summed E-state index contributed by atoms with van der Waals surface area (Å²) < 4.78 is 10.2. The molecule has 102 valence electrons. The normalized spacial score (nSPS) is 15.9. The number of furan rings is 1. The first-order chi connectivity index (χ1) is 8.20. The second kappa shape index (κ2) is 6.78. The van der Waals surface area contributed by atoms with Crippen molar-refractivity contribution in [3.63, 3.8) is 0 Å². The minimum atomic E-state index is -0.219.